The molecule has 1 unspecified atom stereocenters. The Morgan fingerprint density at radius 1 is 1.10 bits per heavy atom. The molecular formula is C20H20Br2N2O5. The van der Waals surface area contributed by atoms with Crippen LogP contribution in [-0.4, -0.2) is 28.9 Å². The van der Waals surface area contributed by atoms with Gasteiger partial charge in [0, 0.05) is 4.47 Å². The highest BCUT2D eigenvalue weighted by Gasteiger charge is 2.24. The Hall–Kier alpha value is -2.39. The van der Waals surface area contributed by atoms with Gasteiger partial charge in [0.1, 0.15) is 11.7 Å². The van der Waals surface area contributed by atoms with E-state index < -0.39 is 23.8 Å². The van der Waals surface area contributed by atoms with Crippen molar-refractivity contribution in [3.63, 3.8) is 0 Å². The van der Waals surface area contributed by atoms with Crippen LogP contribution in [-0.2, 0) is 9.59 Å². The molecule has 0 aliphatic carbocycles. The summed E-state index contributed by atoms with van der Waals surface area (Å²) in [6.07, 6.45) is 1.72. The van der Waals surface area contributed by atoms with Gasteiger partial charge in [-0.15, -0.1) is 0 Å². The number of carboxylic acid groups (broad SMARTS) is 1. The van der Waals surface area contributed by atoms with Crippen molar-refractivity contribution < 1.29 is 23.9 Å². The highest BCUT2D eigenvalue weighted by Crippen LogP contribution is 2.16. The maximum Gasteiger partial charge on any atom is 0.326 e. The largest absolute Gasteiger partial charge is 0.480 e. The van der Waals surface area contributed by atoms with Gasteiger partial charge in [-0.3, -0.25) is 9.59 Å². The van der Waals surface area contributed by atoms with E-state index >= 15 is 0 Å². The molecule has 29 heavy (non-hydrogen) atoms. The third-order valence-corrected chi connectivity index (χ3v) is 4.74. The van der Waals surface area contributed by atoms with Crippen molar-refractivity contribution in [2.24, 2.45) is 5.92 Å². The zero-order valence-corrected chi connectivity index (χ0v) is 18.9. The number of carboxylic acids is 1. The molecule has 1 aromatic carbocycles. The normalized spacial score (nSPS) is 12.5. The molecule has 1 heterocycles. The van der Waals surface area contributed by atoms with E-state index in [4.69, 9.17) is 4.42 Å². The SMILES string of the molecule is CC(C)CC(NC(=O)/C(=C\c1ccc(Br)cc1)NC(=O)c1ccc(Br)o1)C(=O)O. The summed E-state index contributed by atoms with van der Waals surface area (Å²) < 4.78 is 6.43. The minimum Gasteiger partial charge on any atom is -0.480 e. The second-order valence-corrected chi connectivity index (χ2v) is 8.36. The minimum atomic E-state index is -1.14. The van der Waals surface area contributed by atoms with E-state index in [0.717, 1.165) is 4.47 Å². The van der Waals surface area contributed by atoms with Crippen LogP contribution in [0.1, 0.15) is 36.4 Å². The number of rotatable bonds is 8. The fourth-order valence-electron chi connectivity index (χ4n) is 2.43. The number of nitrogens with one attached hydrogen (secondary N) is 2. The molecule has 9 heteroatoms. The van der Waals surface area contributed by atoms with Gasteiger partial charge in [0.2, 0.25) is 0 Å². The standard InChI is InChI=1S/C20H20Br2N2O5/c1-11(2)9-15(20(27)28)24-18(25)14(10-12-3-5-13(21)6-4-12)23-19(26)16-7-8-17(22)29-16/h3-8,10-11,15H,9H2,1-2H3,(H,23,26)(H,24,25)(H,27,28)/b14-10+. The fraction of sp³-hybridized carbons (Fsp3) is 0.250. The van der Waals surface area contributed by atoms with E-state index in [1.165, 1.54) is 12.1 Å². The first-order valence-corrected chi connectivity index (χ1v) is 10.3. The van der Waals surface area contributed by atoms with Gasteiger partial charge in [0.25, 0.3) is 11.8 Å². The molecule has 7 nitrogen and oxygen atoms in total. The van der Waals surface area contributed by atoms with Gasteiger partial charge in [-0.05, 0) is 64.2 Å². The van der Waals surface area contributed by atoms with Crippen LogP contribution >= 0.6 is 31.9 Å². The lowest BCUT2D eigenvalue weighted by Crippen LogP contribution is -2.45. The van der Waals surface area contributed by atoms with E-state index in [2.05, 4.69) is 42.5 Å². The van der Waals surface area contributed by atoms with Gasteiger partial charge >= 0.3 is 5.97 Å². The molecule has 0 bridgehead atoms. The monoisotopic (exact) mass is 526 g/mol. The second kappa shape index (κ2) is 10.4. The van der Waals surface area contributed by atoms with Crippen LogP contribution in [0.25, 0.3) is 6.08 Å². The summed E-state index contributed by atoms with van der Waals surface area (Å²) >= 11 is 6.45. The molecule has 1 atom stereocenters. The first-order valence-electron chi connectivity index (χ1n) is 8.73. The van der Waals surface area contributed by atoms with E-state index in [1.54, 1.807) is 30.3 Å². The average Bonchev–Trinajstić information content (AvgIpc) is 3.08. The molecule has 2 amide bonds. The van der Waals surface area contributed by atoms with Crippen LogP contribution in [0.15, 0.2) is 55.7 Å². The Morgan fingerprint density at radius 3 is 2.28 bits per heavy atom. The molecule has 0 aliphatic heterocycles. The van der Waals surface area contributed by atoms with Crippen LogP contribution in [0.4, 0.5) is 0 Å². The number of halogens is 2. The third kappa shape index (κ3) is 7.17. The number of hydrogen-bond acceptors (Lipinski definition) is 4. The molecule has 1 aromatic heterocycles. The molecule has 0 fully saturated rings. The van der Waals surface area contributed by atoms with E-state index in [-0.39, 0.29) is 23.8 Å². The van der Waals surface area contributed by atoms with Gasteiger partial charge in [0.15, 0.2) is 10.4 Å². The van der Waals surface area contributed by atoms with Crippen molar-refractivity contribution in [3.05, 3.63) is 62.6 Å². The number of amides is 2. The molecule has 0 saturated heterocycles. The van der Waals surface area contributed by atoms with E-state index in [1.807, 2.05) is 13.8 Å². The number of benzene rings is 1. The first-order chi connectivity index (χ1) is 13.7. The lowest BCUT2D eigenvalue weighted by atomic mass is 10.0. The predicted octanol–water partition coefficient (Wildman–Crippen LogP) is 4.19. The van der Waals surface area contributed by atoms with Crippen LogP contribution in [0.3, 0.4) is 0 Å². The molecule has 154 valence electrons. The molecule has 2 aromatic rings. The summed E-state index contributed by atoms with van der Waals surface area (Å²) in [5, 5.41) is 14.4. The Morgan fingerprint density at radius 2 is 1.76 bits per heavy atom. The van der Waals surface area contributed by atoms with Crippen molar-refractivity contribution in [2.45, 2.75) is 26.3 Å². The van der Waals surface area contributed by atoms with E-state index in [0.29, 0.717) is 10.2 Å². The van der Waals surface area contributed by atoms with Gasteiger partial charge in [-0.1, -0.05) is 41.9 Å². The van der Waals surface area contributed by atoms with Gasteiger partial charge in [-0.25, -0.2) is 4.79 Å². The van der Waals surface area contributed by atoms with Gasteiger partial charge in [0.05, 0.1) is 0 Å². The van der Waals surface area contributed by atoms with Crippen molar-refractivity contribution in [1.82, 2.24) is 10.6 Å². The number of aliphatic carboxylic acids is 1. The van der Waals surface area contributed by atoms with Gasteiger partial charge < -0.3 is 20.2 Å². The summed E-state index contributed by atoms with van der Waals surface area (Å²) in [5.74, 6) is -2.42. The predicted molar refractivity (Wildman–Crippen MR) is 115 cm³/mol. The van der Waals surface area contributed by atoms with E-state index in [9.17, 15) is 19.5 Å². The Labute approximate surface area is 184 Å². The lowest BCUT2D eigenvalue weighted by Gasteiger charge is -2.18. The fourth-order valence-corrected chi connectivity index (χ4v) is 3.00. The lowest BCUT2D eigenvalue weighted by molar-refractivity contribution is -0.141. The maximum absolute atomic E-state index is 12.8. The zero-order chi connectivity index (χ0) is 21.6. The highest BCUT2D eigenvalue weighted by molar-refractivity contribution is 9.10. The summed E-state index contributed by atoms with van der Waals surface area (Å²) in [6, 6.07) is 8.98. The van der Waals surface area contributed by atoms with Crippen LogP contribution in [0, 0.1) is 5.92 Å². The first kappa shape index (κ1) is 22.9. The molecule has 0 radical (unpaired) electrons. The molecule has 3 N–H and O–H groups in total. The molecule has 0 spiro atoms. The van der Waals surface area contributed by atoms with Crippen molar-refractivity contribution in [3.8, 4) is 0 Å². The number of hydrogen-bond donors (Lipinski definition) is 3. The van der Waals surface area contributed by atoms with Crippen LogP contribution in [0.2, 0.25) is 0 Å². The highest BCUT2D eigenvalue weighted by atomic mass is 79.9. The number of furan rings is 1. The third-order valence-electron chi connectivity index (χ3n) is 3.78. The van der Waals surface area contributed by atoms with Crippen molar-refractivity contribution in [1.29, 1.82) is 0 Å². The Balaban J connectivity index is 2.29. The Kier molecular flexibility index (Phi) is 8.21. The van der Waals surface area contributed by atoms with Crippen LogP contribution < -0.4 is 10.6 Å². The summed E-state index contributed by atoms with van der Waals surface area (Å²) in [5.41, 5.74) is 0.551. The zero-order valence-electron chi connectivity index (χ0n) is 15.7. The maximum atomic E-state index is 12.8. The quantitative estimate of drug-likeness (QED) is 0.446. The minimum absolute atomic E-state index is 0.00310. The van der Waals surface area contributed by atoms with Crippen LogP contribution in [0.5, 0.6) is 0 Å². The van der Waals surface area contributed by atoms with Crippen molar-refractivity contribution >= 4 is 55.7 Å². The Bertz CT molecular complexity index is 919. The summed E-state index contributed by atoms with van der Waals surface area (Å²) in [7, 11) is 0. The molecule has 0 aliphatic rings. The molecular weight excluding hydrogens is 508 g/mol. The molecule has 0 saturated carbocycles. The number of carbonyl (C=O) groups excluding carboxylic acids is 2. The number of carbonyl (C=O) groups is 3. The average molecular weight is 528 g/mol. The van der Waals surface area contributed by atoms with Gasteiger partial charge in [-0.2, -0.15) is 0 Å². The molecule has 2 rings (SSSR count). The smallest absolute Gasteiger partial charge is 0.326 e. The van der Waals surface area contributed by atoms with Crippen molar-refractivity contribution in [2.75, 3.05) is 0 Å². The summed E-state index contributed by atoms with van der Waals surface area (Å²) in [4.78, 5) is 36.7. The topological polar surface area (TPSA) is 109 Å². The second-order valence-electron chi connectivity index (χ2n) is 6.66. The summed E-state index contributed by atoms with van der Waals surface area (Å²) in [6.45, 7) is 3.72.